The first-order valence-electron chi connectivity index (χ1n) is 6.12. The summed E-state index contributed by atoms with van der Waals surface area (Å²) in [5.41, 5.74) is 7.98. The van der Waals surface area contributed by atoms with E-state index in [0.29, 0.717) is 0 Å². The average molecular weight is 417 g/mol. The number of alkyl halides is 3. The molecule has 2 atom stereocenters. The summed E-state index contributed by atoms with van der Waals surface area (Å²) in [7, 11) is 0. The number of ether oxygens (including phenoxy) is 1. The number of nitrogens with one attached hydrogen (secondary N) is 1. The summed E-state index contributed by atoms with van der Waals surface area (Å²) < 4.78 is 2.86. The molecule has 24 heavy (non-hydrogen) atoms. The minimum absolute atomic E-state index is 0.0710. The van der Waals surface area contributed by atoms with Gasteiger partial charge in [0, 0.05) is 10.7 Å². The Balaban J connectivity index is 2.08. The number of rotatable bonds is 4. The number of fused-ring (bicyclic) bond motifs is 1. The van der Waals surface area contributed by atoms with Crippen LogP contribution < -0.4 is 5.32 Å². The fraction of sp³-hybridized carbons (Fsp3) is 0.500. The Morgan fingerprint density at radius 2 is 2.21 bits per heavy atom. The van der Waals surface area contributed by atoms with Crippen molar-refractivity contribution in [2.45, 2.75) is 15.2 Å². The van der Waals surface area contributed by atoms with E-state index in [1.165, 1.54) is 0 Å². The Morgan fingerprint density at radius 1 is 1.54 bits per heavy atom. The monoisotopic (exact) mass is 415 g/mol. The van der Waals surface area contributed by atoms with Gasteiger partial charge in [0.25, 0.3) is 5.91 Å². The van der Waals surface area contributed by atoms with E-state index >= 15 is 0 Å². The van der Waals surface area contributed by atoms with Crippen molar-refractivity contribution < 1.29 is 24.2 Å². The number of carboxylic acids is 1. The maximum atomic E-state index is 12.1. The average Bonchev–Trinajstić information content (AvgIpc) is 2.49. The van der Waals surface area contributed by atoms with Gasteiger partial charge in [0.15, 0.2) is 0 Å². The van der Waals surface area contributed by atoms with Gasteiger partial charge in [-0.25, -0.2) is 9.59 Å². The Hall–Kier alpha value is -1.52. The first kappa shape index (κ1) is 18.8. The first-order chi connectivity index (χ1) is 11.2. The molecule has 2 amide bonds. The van der Waals surface area contributed by atoms with E-state index in [1.807, 2.05) is 0 Å². The number of thioether (sulfide) groups is 1. The zero-order valence-corrected chi connectivity index (χ0v) is 14.6. The Kier molecular flexibility index (Phi) is 5.61. The van der Waals surface area contributed by atoms with Crippen molar-refractivity contribution in [1.82, 2.24) is 10.2 Å². The molecule has 0 spiro atoms. The fourth-order valence-corrected chi connectivity index (χ4v) is 3.47. The second-order valence-electron chi connectivity index (χ2n) is 4.51. The fourth-order valence-electron chi connectivity index (χ4n) is 2.05. The van der Waals surface area contributed by atoms with E-state index in [-0.39, 0.29) is 11.4 Å². The van der Waals surface area contributed by atoms with Crippen molar-refractivity contribution in [3.63, 3.8) is 0 Å². The number of alkyl carbamates (subject to hydrolysis) is 1. The van der Waals surface area contributed by atoms with Crippen LogP contribution in [0.1, 0.15) is 0 Å². The quantitative estimate of drug-likeness (QED) is 0.236. The number of hydrogen-bond donors (Lipinski definition) is 2. The number of nitrogens with zero attached hydrogens (tertiary/aromatic N) is 4. The lowest BCUT2D eigenvalue weighted by Gasteiger charge is -2.48. The zero-order chi connectivity index (χ0) is 18.1. The number of hydrogen-bond acceptors (Lipinski definition) is 6. The van der Waals surface area contributed by atoms with Crippen LogP contribution in [0.3, 0.4) is 0 Å². The molecular formula is C10H8Cl3N5O5S. The zero-order valence-electron chi connectivity index (χ0n) is 11.5. The maximum Gasteiger partial charge on any atom is 0.408 e. The lowest BCUT2D eigenvalue weighted by Crippen LogP contribution is -2.70. The number of amides is 2. The molecule has 2 aliphatic rings. The number of carbonyl (C=O) groups is 3. The van der Waals surface area contributed by atoms with Crippen LogP contribution in [-0.4, -0.2) is 55.5 Å². The van der Waals surface area contributed by atoms with E-state index in [9.17, 15) is 19.5 Å². The Labute approximate surface area is 153 Å². The van der Waals surface area contributed by atoms with Crippen molar-refractivity contribution in [3.8, 4) is 0 Å². The third kappa shape index (κ3) is 3.93. The van der Waals surface area contributed by atoms with Gasteiger partial charge in [-0.05, 0) is 5.53 Å². The number of aliphatic carboxylic acids is 1. The molecule has 130 valence electrons. The normalized spacial score (nSPS) is 23.0. The molecule has 0 aliphatic carbocycles. The first-order valence-corrected chi connectivity index (χ1v) is 8.30. The third-order valence-corrected chi connectivity index (χ3v) is 4.55. The second kappa shape index (κ2) is 7.16. The van der Waals surface area contributed by atoms with Crippen LogP contribution in [0.15, 0.2) is 16.5 Å². The highest BCUT2D eigenvalue weighted by atomic mass is 35.6. The molecule has 0 bridgehead atoms. The SMILES string of the molecule is [N-]=[N+]=NC1=C(C(=O)O)N2C(=O)C(NC(=O)OCC(Cl)(Cl)Cl)[C@@H]2SC1. The van der Waals surface area contributed by atoms with Crippen molar-refractivity contribution in [1.29, 1.82) is 0 Å². The molecule has 2 rings (SSSR count). The summed E-state index contributed by atoms with van der Waals surface area (Å²) >= 11 is 17.4. The highest BCUT2D eigenvalue weighted by Gasteiger charge is 2.54. The van der Waals surface area contributed by atoms with E-state index in [4.69, 9.17) is 40.3 Å². The maximum absolute atomic E-state index is 12.1. The lowest BCUT2D eigenvalue weighted by atomic mass is 10.0. The molecule has 0 saturated carbocycles. The molecule has 0 aromatic carbocycles. The van der Waals surface area contributed by atoms with Gasteiger partial charge in [-0.15, -0.1) is 11.8 Å². The van der Waals surface area contributed by atoms with Crippen molar-refractivity contribution in [2.24, 2.45) is 5.11 Å². The van der Waals surface area contributed by atoms with Gasteiger partial charge < -0.3 is 15.2 Å². The summed E-state index contributed by atoms with van der Waals surface area (Å²) in [6, 6.07) is -1.00. The molecule has 0 aromatic heterocycles. The number of β-lactam (4-membered cyclic amide) rings is 1. The van der Waals surface area contributed by atoms with Crippen LogP contribution in [0.2, 0.25) is 0 Å². The van der Waals surface area contributed by atoms with Gasteiger partial charge in [-0.2, -0.15) is 0 Å². The van der Waals surface area contributed by atoms with Crippen molar-refractivity contribution >= 4 is 64.5 Å². The van der Waals surface area contributed by atoms with Crippen LogP contribution in [0.4, 0.5) is 4.79 Å². The Morgan fingerprint density at radius 3 is 2.75 bits per heavy atom. The van der Waals surface area contributed by atoms with Gasteiger partial charge in [0.05, 0.1) is 5.70 Å². The smallest absolute Gasteiger partial charge is 0.408 e. The van der Waals surface area contributed by atoms with E-state index in [1.54, 1.807) is 0 Å². The number of halogens is 3. The highest BCUT2D eigenvalue weighted by molar-refractivity contribution is 8.00. The number of carboxylic acid groups (broad SMARTS) is 1. The molecule has 2 aliphatic heterocycles. The van der Waals surface area contributed by atoms with Gasteiger partial charge in [-0.1, -0.05) is 39.9 Å². The van der Waals surface area contributed by atoms with Gasteiger partial charge in [0.2, 0.25) is 3.79 Å². The topological polar surface area (TPSA) is 145 Å². The lowest BCUT2D eigenvalue weighted by molar-refractivity contribution is -0.149. The molecule has 10 nitrogen and oxygen atoms in total. The van der Waals surface area contributed by atoms with Crippen LogP contribution >= 0.6 is 46.6 Å². The summed E-state index contributed by atoms with van der Waals surface area (Å²) in [5.74, 6) is -2.02. The van der Waals surface area contributed by atoms with E-state index in [0.717, 1.165) is 16.7 Å². The van der Waals surface area contributed by atoms with Crippen LogP contribution in [0.25, 0.3) is 10.4 Å². The molecule has 0 aromatic rings. The molecule has 2 heterocycles. The van der Waals surface area contributed by atoms with Crippen LogP contribution in [0, 0.1) is 0 Å². The van der Waals surface area contributed by atoms with E-state index in [2.05, 4.69) is 20.1 Å². The summed E-state index contributed by atoms with van der Waals surface area (Å²) in [6.45, 7) is -0.521. The Bertz CT molecular complexity index is 674. The highest BCUT2D eigenvalue weighted by Crippen LogP contribution is 2.40. The summed E-state index contributed by atoms with van der Waals surface area (Å²) in [4.78, 5) is 38.5. The predicted molar refractivity (Wildman–Crippen MR) is 85.5 cm³/mol. The van der Waals surface area contributed by atoms with Gasteiger partial charge in [0.1, 0.15) is 23.7 Å². The minimum atomic E-state index is -1.80. The molecule has 1 unspecified atom stereocenters. The van der Waals surface area contributed by atoms with E-state index < -0.39 is 45.5 Å². The third-order valence-electron chi connectivity index (χ3n) is 2.96. The van der Waals surface area contributed by atoms with Crippen molar-refractivity contribution in [3.05, 3.63) is 21.8 Å². The van der Waals surface area contributed by atoms with Crippen molar-refractivity contribution in [2.75, 3.05) is 12.4 Å². The number of carbonyl (C=O) groups excluding carboxylic acids is 2. The molecule has 2 N–H and O–H groups in total. The van der Waals surface area contributed by atoms with Crippen LogP contribution in [0.5, 0.6) is 0 Å². The van der Waals surface area contributed by atoms with Gasteiger partial charge >= 0.3 is 12.1 Å². The molecule has 14 heteroatoms. The number of azide groups is 1. The standard InChI is InChI=1S/C10H8Cl3N5O5S/c11-10(12,13)2-23-9(22)15-4-6(19)18-5(8(20)21)3(16-17-14)1-24-7(4)18/h4,7H,1-2H2,(H,15,22)(H,20,21)/t4?,7-/m0/s1. The summed E-state index contributed by atoms with van der Waals surface area (Å²) in [5, 5.41) is 14.1. The minimum Gasteiger partial charge on any atom is -0.477 e. The second-order valence-corrected chi connectivity index (χ2v) is 8.13. The molecule has 1 fully saturated rings. The van der Waals surface area contributed by atoms with Crippen LogP contribution in [-0.2, 0) is 14.3 Å². The predicted octanol–water partition coefficient (Wildman–Crippen LogP) is 1.97. The molecule has 1 saturated heterocycles. The molecular weight excluding hydrogens is 409 g/mol. The molecule has 0 radical (unpaired) electrons. The van der Waals surface area contributed by atoms with Gasteiger partial charge in [-0.3, -0.25) is 9.69 Å². The summed E-state index contributed by atoms with van der Waals surface area (Å²) in [6.07, 6.45) is -0.985. The largest absolute Gasteiger partial charge is 0.477 e.